The second-order valence-corrected chi connectivity index (χ2v) is 14.4. The first-order valence-corrected chi connectivity index (χ1v) is 20.0. The molecule has 0 saturated carbocycles. The molecule has 0 radical (unpaired) electrons. The highest BCUT2D eigenvalue weighted by atomic mass is 16.5. The minimum absolute atomic E-state index is 0.213. The van der Waals surface area contributed by atoms with Crippen molar-refractivity contribution >= 4 is 46.1 Å². The van der Waals surface area contributed by atoms with Crippen molar-refractivity contribution in [2.45, 2.75) is 84.0 Å². The summed E-state index contributed by atoms with van der Waals surface area (Å²) in [6.07, 6.45) is 7.18. The fourth-order valence-electron chi connectivity index (χ4n) is 7.71. The zero-order valence-corrected chi connectivity index (χ0v) is 33.1. The molecule has 1 fully saturated rings. The number of pyridine rings is 1. The van der Waals surface area contributed by atoms with Gasteiger partial charge in [-0.3, -0.25) is 24.5 Å². The number of allylic oxidation sites excluding steroid dienone is 1. The summed E-state index contributed by atoms with van der Waals surface area (Å²) < 4.78 is 9.30. The van der Waals surface area contributed by atoms with E-state index < -0.39 is 18.1 Å². The third-order valence-electron chi connectivity index (χ3n) is 10.7. The summed E-state index contributed by atoms with van der Waals surface area (Å²) in [6.45, 7) is 9.69. The number of hydrogen-bond donors (Lipinski definition) is 3. The largest absolute Gasteiger partial charge is 0.493 e. The molecule has 1 aliphatic carbocycles. The number of hydrogen-bond acceptors (Lipinski definition) is 11. The lowest BCUT2D eigenvalue weighted by molar-refractivity contribution is -0.136. The van der Waals surface area contributed by atoms with Gasteiger partial charge in [-0.15, -0.1) is 6.58 Å². The maximum atomic E-state index is 13.4. The third-order valence-corrected chi connectivity index (χ3v) is 10.7. The Morgan fingerprint density at radius 3 is 2.59 bits per heavy atom. The predicted molar refractivity (Wildman–Crippen MR) is 221 cm³/mol. The standard InChI is InChI=1S/C41H43N9O6.C2H6/c1-3-20-49-40(55)29-23-42-41(46-37(29)50(49)34-18-11-25-10-17-32(51)36(25)44-34)43-26-12-14-27(15-13-26)47(2)21-5-4-6-22-56-33-9-7-8-28-30(33)24-48(39(28)54)31-16-19-35(52)45-38(31)53;1-2/h3,7-9,11-15,18,23,31-32,51H,1,4-6,10,16-17,19-22,24H2,2H3,(H,42,43,46)(H,45,52,53);1-2H3. The average molecular weight is 788 g/mol. The number of aromatic nitrogens is 5. The van der Waals surface area contributed by atoms with Crippen molar-refractivity contribution in [1.82, 2.24) is 34.5 Å². The number of unbranched alkanes of at least 4 members (excludes halogenated alkanes) is 2. The van der Waals surface area contributed by atoms with Crippen LogP contribution in [0.25, 0.3) is 16.9 Å². The summed E-state index contributed by atoms with van der Waals surface area (Å²) in [5.41, 5.74) is 4.92. The smallest absolute Gasteiger partial charge is 0.278 e. The van der Waals surface area contributed by atoms with Gasteiger partial charge in [0.05, 0.1) is 31.5 Å². The summed E-state index contributed by atoms with van der Waals surface area (Å²) in [6, 6.07) is 16.5. The quantitative estimate of drug-likeness (QED) is 0.0751. The van der Waals surface area contributed by atoms with Gasteiger partial charge < -0.3 is 25.0 Å². The second kappa shape index (κ2) is 17.4. The van der Waals surface area contributed by atoms with E-state index in [-0.39, 0.29) is 36.9 Å². The van der Waals surface area contributed by atoms with E-state index in [1.165, 1.54) is 15.8 Å². The first kappa shape index (κ1) is 39.9. The van der Waals surface area contributed by atoms with Gasteiger partial charge in [0.25, 0.3) is 11.5 Å². The molecule has 2 atom stereocenters. The van der Waals surface area contributed by atoms with Crippen LogP contribution >= 0.6 is 0 Å². The topological polar surface area (TPSA) is 177 Å². The molecule has 302 valence electrons. The lowest BCUT2D eigenvalue weighted by Gasteiger charge is -2.29. The monoisotopic (exact) mass is 787 g/mol. The Balaban J connectivity index is 0.00000252. The molecule has 15 heteroatoms. The molecule has 3 N–H and O–H groups in total. The number of benzene rings is 2. The highest BCUT2D eigenvalue weighted by molar-refractivity contribution is 6.05. The fraction of sp³-hybridized carbons (Fsp3) is 0.372. The number of aliphatic hydroxyl groups is 1. The summed E-state index contributed by atoms with van der Waals surface area (Å²) in [7, 11) is 2.05. The lowest BCUT2D eigenvalue weighted by Crippen LogP contribution is -2.52. The molecule has 2 aliphatic heterocycles. The Morgan fingerprint density at radius 1 is 1.00 bits per heavy atom. The number of fused-ring (bicyclic) bond motifs is 3. The van der Waals surface area contributed by atoms with Gasteiger partial charge in [0.1, 0.15) is 17.2 Å². The van der Waals surface area contributed by atoms with Crippen LogP contribution in [-0.2, 0) is 29.1 Å². The number of amides is 3. The van der Waals surface area contributed by atoms with Crippen LogP contribution in [0, 0.1) is 0 Å². The van der Waals surface area contributed by atoms with Gasteiger partial charge in [0, 0.05) is 48.7 Å². The number of imide groups is 1. The highest BCUT2D eigenvalue weighted by Crippen LogP contribution is 2.34. The number of aliphatic hydroxyl groups excluding tert-OH is 1. The number of anilines is 3. The molecule has 3 aromatic heterocycles. The maximum Gasteiger partial charge on any atom is 0.278 e. The molecule has 3 amide bonds. The number of nitrogens with one attached hydrogen (secondary N) is 2. The summed E-state index contributed by atoms with van der Waals surface area (Å²) in [5, 5.41) is 16.4. The minimum atomic E-state index is -0.659. The molecule has 1 saturated heterocycles. The van der Waals surface area contributed by atoms with Crippen LogP contribution < -0.4 is 25.8 Å². The van der Waals surface area contributed by atoms with Crippen LogP contribution in [-0.4, -0.2) is 78.3 Å². The molecular weight excluding hydrogens is 739 g/mol. The van der Waals surface area contributed by atoms with E-state index in [1.807, 2.05) is 63.4 Å². The van der Waals surface area contributed by atoms with E-state index in [2.05, 4.69) is 27.1 Å². The van der Waals surface area contributed by atoms with Gasteiger partial charge in [-0.05, 0) is 86.6 Å². The van der Waals surface area contributed by atoms with Crippen LogP contribution in [0.3, 0.4) is 0 Å². The molecular formula is C43H49N9O6. The van der Waals surface area contributed by atoms with Crippen LogP contribution in [0.2, 0.25) is 0 Å². The van der Waals surface area contributed by atoms with Gasteiger partial charge >= 0.3 is 0 Å². The first-order chi connectivity index (χ1) is 28.2. The third kappa shape index (κ3) is 7.94. The van der Waals surface area contributed by atoms with Crippen LogP contribution in [0.4, 0.5) is 17.3 Å². The highest BCUT2D eigenvalue weighted by Gasteiger charge is 2.40. The zero-order valence-electron chi connectivity index (χ0n) is 33.1. The van der Waals surface area contributed by atoms with Crippen molar-refractivity contribution in [2.24, 2.45) is 0 Å². The van der Waals surface area contributed by atoms with E-state index in [0.29, 0.717) is 59.3 Å². The number of aryl methyl sites for hydroxylation is 1. The Bertz CT molecular complexity index is 2410. The van der Waals surface area contributed by atoms with Gasteiger partial charge in [0.15, 0.2) is 11.5 Å². The van der Waals surface area contributed by atoms with Crippen LogP contribution in [0.1, 0.15) is 85.7 Å². The van der Waals surface area contributed by atoms with E-state index in [0.717, 1.165) is 54.7 Å². The molecule has 3 aliphatic rings. The normalized spacial score (nSPS) is 17.0. The van der Waals surface area contributed by atoms with Crippen LogP contribution in [0.5, 0.6) is 5.75 Å². The van der Waals surface area contributed by atoms with Gasteiger partial charge in [-0.25, -0.2) is 19.3 Å². The van der Waals surface area contributed by atoms with E-state index in [1.54, 1.807) is 22.9 Å². The van der Waals surface area contributed by atoms with E-state index in [9.17, 15) is 24.3 Å². The van der Waals surface area contributed by atoms with E-state index in [4.69, 9.17) is 14.7 Å². The Hall–Kier alpha value is -6.35. The number of rotatable bonds is 14. The summed E-state index contributed by atoms with van der Waals surface area (Å²) >= 11 is 0. The molecule has 0 bridgehead atoms. The Morgan fingerprint density at radius 2 is 1.81 bits per heavy atom. The van der Waals surface area contributed by atoms with Crippen molar-refractivity contribution in [2.75, 3.05) is 30.4 Å². The molecule has 5 aromatic rings. The number of ether oxygens (including phenoxy) is 1. The minimum Gasteiger partial charge on any atom is -0.493 e. The molecule has 8 rings (SSSR count). The first-order valence-electron chi connectivity index (χ1n) is 20.0. The molecule has 15 nitrogen and oxygen atoms in total. The number of piperidine rings is 1. The van der Waals surface area contributed by atoms with Crippen molar-refractivity contribution in [3.8, 4) is 11.6 Å². The number of carbonyl (C=O) groups excluding carboxylic acids is 3. The SMILES string of the molecule is C=CCn1c(=O)c2cnc(Nc3ccc(N(C)CCCCCOc4cccc5c4CN(C4CCC(=O)NC4=O)C5=O)cc3)nc2n1-c1ccc2c(n1)C(O)CC2.CC. The number of nitrogens with zero attached hydrogens (tertiary/aromatic N) is 7. The number of carbonyl (C=O) groups is 3. The molecule has 5 heterocycles. The second-order valence-electron chi connectivity index (χ2n) is 14.4. The van der Waals surface area contributed by atoms with Crippen LogP contribution in [0.15, 0.2) is 78.2 Å². The Kier molecular flexibility index (Phi) is 12.0. The molecule has 2 aromatic carbocycles. The van der Waals surface area contributed by atoms with Crippen molar-refractivity contribution in [3.63, 3.8) is 0 Å². The van der Waals surface area contributed by atoms with Crippen molar-refractivity contribution < 1.29 is 24.2 Å². The summed E-state index contributed by atoms with van der Waals surface area (Å²) in [4.78, 5) is 68.1. The Labute approximate surface area is 336 Å². The predicted octanol–water partition coefficient (Wildman–Crippen LogP) is 5.36. The van der Waals surface area contributed by atoms with Gasteiger partial charge in [0.2, 0.25) is 17.8 Å². The lowest BCUT2D eigenvalue weighted by atomic mass is 10.0. The van der Waals surface area contributed by atoms with Crippen molar-refractivity contribution in [1.29, 1.82) is 0 Å². The van der Waals surface area contributed by atoms with Gasteiger partial charge in [-0.2, -0.15) is 4.98 Å². The average Bonchev–Trinajstić information content (AvgIpc) is 3.87. The molecule has 58 heavy (non-hydrogen) atoms. The summed E-state index contributed by atoms with van der Waals surface area (Å²) in [5.74, 6) is 0.513. The van der Waals surface area contributed by atoms with E-state index >= 15 is 0 Å². The maximum absolute atomic E-state index is 13.4. The van der Waals surface area contributed by atoms with Gasteiger partial charge in [-0.1, -0.05) is 32.1 Å². The van der Waals surface area contributed by atoms with Crippen molar-refractivity contribution in [3.05, 3.63) is 106 Å². The molecule has 0 spiro atoms. The zero-order chi connectivity index (χ0) is 40.9. The molecule has 2 unspecified atom stereocenters. The fourth-order valence-corrected chi connectivity index (χ4v) is 7.71.